The van der Waals surface area contributed by atoms with Crippen LogP contribution in [0.2, 0.25) is 0 Å². The highest BCUT2D eigenvalue weighted by Gasteiger charge is 2.26. The molecule has 1 heterocycles. The van der Waals surface area contributed by atoms with E-state index >= 15 is 0 Å². The maximum absolute atomic E-state index is 5.21. The summed E-state index contributed by atoms with van der Waals surface area (Å²) in [7, 11) is 0. The van der Waals surface area contributed by atoms with E-state index in [9.17, 15) is 0 Å². The number of aliphatic imine (C=N–C) groups is 1. The van der Waals surface area contributed by atoms with Crippen molar-refractivity contribution in [3.8, 4) is 44.5 Å². The molecule has 1 nitrogen and oxygen atoms in total. The van der Waals surface area contributed by atoms with Gasteiger partial charge in [-0.2, -0.15) is 0 Å². The fourth-order valence-corrected chi connectivity index (χ4v) is 8.24. The first kappa shape index (κ1) is 30.3. The van der Waals surface area contributed by atoms with Gasteiger partial charge in [0, 0.05) is 5.92 Å². The minimum Gasteiger partial charge on any atom is -0.252 e. The SMILES string of the molecule is C1=C(c2ccccc2)N=C(c2ccccc2)C1c1cccc(-c2ccc3c(c2)Cc2c-3cc(-c3cccc(-c4ccccc4)c3)c3ccccc23)c1. The first-order valence-electron chi connectivity index (χ1n) is 18.1. The number of allylic oxidation sites excluding steroid dienone is 1. The molecule has 0 radical (unpaired) electrons. The molecular weight excluding hydrogens is 627 g/mol. The average Bonchev–Trinajstić information content (AvgIpc) is 3.84. The van der Waals surface area contributed by atoms with E-state index < -0.39 is 0 Å². The van der Waals surface area contributed by atoms with E-state index in [-0.39, 0.29) is 5.92 Å². The maximum atomic E-state index is 5.21. The molecule has 244 valence electrons. The number of fused-ring (bicyclic) bond motifs is 5. The molecule has 1 aliphatic carbocycles. The van der Waals surface area contributed by atoms with Gasteiger partial charge in [-0.05, 0) is 108 Å². The Labute approximate surface area is 304 Å². The van der Waals surface area contributed by atoms with Crippen LogP contribution in [0.15, 0.2) is 199 Å². The Kier molecular flexibility index (Phi) is 7.36. The van der Waals surface area contributed by atoms with Crippen molar-refractivity contribution in [1.82, 2.24) is 0 Å². The average molecular weight is 662 g/mol. The minimum atomic E-state index is 0.0708. The molecule has 0 saturated carbocycles. The summed E-state index contributed by atoms with van der Waals surface area (Å²) in [5.74, 6) is 0.0708. The molecule has 1 aliphatic heterocycles. The molecule has 8 aromatic rings. The third-order valence-corrected chi connectivity index (χ3v) is 10.8. The third-order valence-electron chi connectivity index (χ3n) is 10.8. The predicted octanol–water partition coefficient (Wildman–Crippen LogP) is 13.0. The molecule has 0 amide bonds. The van der Waals surface area contributed by atoms with Crippen LogP contribution in [0.25, 0.3) is 61.0 Å². The zero-order valence-corrected chi connectivity index (χ0v) is 28.7. The monoisotopic (exact) mass is 661 g/mol. The van der Waals surface area contributed by atoms with E-state index in [0.717, 1.165) is 29.0 Å². The van der Waals surface area contributed by atoms with Crippen LogP contribution in [0.5, 0.6) is 0 Å². The molecule has 0 aromatic heterocycles. The molecule has 0 saturated heterocycles. The second kappa shape index (κ2) is 12.6. The lowest BCUT2D eigenvalue weighted by Crippen LogP contribution is -2.09. The van der Waals surface area contributed by atoms with Crippen LogP contribution < -0.4 is 0 Å². The van der Waals surface area contributed by atoms with Crippen LogP contribution in [0, 0.1) is 0 Å². The van der Waals surface area contributed by atoms with Gasteiger partial charge in [0.2, 0.25) is 0 Å². The van der Waals surface area contributed by atoms with Crippen LogP contribution in [0.1, 0.15) is 33.7 Å². The van der Waals surface area contributed by atoms with Crippen molar-refractivity contribution in [2.75, 3.05) is 0 Å². The lowest BCUT2D eigenvalue weighted by Gasteiger charge is -2.15. The summed E-state index contributed by atoms with van der Waals surface area (Å²) in [6.45, 7) is 0. The molecular formula is C51H35N. The highest BCUT2D eigenvalue weighted by atomic mass is 14.8. The molecule has 0 N–H and O–H groups in total. The Bertz CT molecular complexity index is 2680. The van der Waals surface area contributed by atoms with E-state index in [0.29, 0.717) is 0 Å². The number of rotatable bonds is 6. The van der Waals surface area contributed by atoms with E-state index in [1.54, 1.807) is 0 Å². The Morgan fingerprint density at radius 1 is 0.385 bits per heavy atom. The largest absolute Gasteiger partial charge is 0.252 e. The first-order chi connectivity index (χ1) is 25.8. The lowest BCUT2D eigenvalue weighted by molar-refractivity contribution is 1.17. The van der Waals surface area contributed by atoms with Crippen molar-refractivity contribution in [2.45, 2.75) is 12.3 Å². The Morgan fingerprint density at radius 3 is 1.75 bits per heavy atom. The van der Waals surface area contributed by atoms with Gasteiger partial charge in [0.05, 0.1) is 11.4 Å². The number of benzene rings is 8. The van der Waals surface area contributed by atoms with Crippen LogP contribution in [0.4, 0.5) is 0 Å². The summed E-state index contributed by atoms with van der Waals surface area (Å²) in [6, 6.07) is 68.3. The second-order valence-electron chi connectivity index (χ2n) is 13.9. The molecule has 1 heteroatoms. The second-order valence-corrected chi connectivity index (χ2v) is 13.9. The Balaban J connectivity index is 1.03. The van der Waals surface area contributed by atoms with Gasteiger partial charge in [0.25, 0.3) is 0 Å². The highest BCUT2D eigenvalue weighted by Crippen LogP contribution is 2.46. The topological polar surface area (TPSA) is 12.4 Å². The minimum absolute atomic E-state index is 0.0708. The number of hydrogen-bond acceptors (Lipinski definition) is 1. The van der Waals surface area contributed by atoms with Gasteiger partial charge >= 0.3 is 0 Å². The van der Waals surface area contributed by atoms with E-state index in [1.165, 1.54) is 72.0 Å². The fraction of sp³-hybridized carbons (Fsp3) is 0.0392. The summed E-state index contributed by atoms with van der Waals surface area (Å²) in [5.41, 5.74) is 18.7. The molecule has 52 heavy (non-hydrogen) atoms. The smallest absolute Gasteiger partial charge is 0.0676 e. The molecule has 0 fully saturated rings. The first-order valence-corrected chi connectivity index (χ1v) is 18.1. The standard InChI is InChI=1S/C51H35N/c1-4-14-34(15-5-1)37-20-12-22-40(28-37)46-32-49-43-27-26-39(30-42(43)31-48(49)45-25-11-10-24-44(45)46)38-21-13-23-41(29-38)47-33-50(35-16-6-2-7-17-35)52-51(47)36-18-8-3-9-19-36/h1-30,32-33,47H,31H2. The highest BCUT2D eigenvalue weighted by molar-refractivity contribution is 6.12. The normalized spacial score (nSPS) is 14.5. The quantitative estimate of drug-likeness (QED) is 0.168. The van der Waals surface area contributed by atoms with Crippen LogP contribution >= 0.6 is 0 Å². The van der Waals surface area contributed by atoms with E-state index in [1.807, 2.05) is 0 Å². The zero-order chi connectivity index (χ0) is 34.4. The molecule has 0 bridgehead atoms. The van der Waals surface area contributed by atoms with Crippen molar-refractivity contribution in [2.24, 2.45) is 4.99 Å². The summed E-state index contributed by atoms with van der Waals surface area (Å²) >= 11 is 0. The summed E-state index contributed by atoms with van der Waals surface area (Å²) in [5, 5.41) is 2.65. The van der Waals surface area contributed by atoms with E-state index in [4.69, 9.17) is 4.99 Å². The summed E-state index contributed by atoms with van der Waals surface area (Å²) < 4.78 is 0. The van der Waals surface area contributed by atoms with Crippen LogP contribution in [-0.4, -0.2) is 5.71 Å². The zero-order valence-electron chi connectivity index (χ0n) is 28.7. The van der Waals surface area contributed by atoms with Gasteiger partial charge in [-0.3, -0.25) is 4.99 Å². The molecule has 2 aliphatic rings. The van der Waals surface area contributed by atoms with Crippen LogP contribution in [-0.2, 0) is 6.42 Å². The van der Waals surface area contributed by atoms with Crippen molar-refractivity contribution in [3.05, 3.63) is 222 Å². The fourth-order valence-electron chi connectivity index (χ4n) is 8.24. The van der Waals surface area contributed by atoms with Gasteiger partial charge in [-0.25, -0.2) is 0 Å². The Morgan fingerprint density at radius 2 is 0.981 bits per heavy atom. The molecule has 1 atom stereocenters. The van der Waals surface area contributed by atoms with Gasteiger partial charge < -0.3 is 0 Å². The lowest BCUT2D eigenvalue weighted by atomic mass is 9.88. The number of hydrogen-bond donors (Lipinski definition) is 0. The van der Waals surface area contributed by atoms with Gasteiger partial charge in [-0.15, -0.1) is 0 Å². The number of nitrogens with zero attached hydrogens (tertiary/aromatic N) is 1. The molecule has 8 aromatic carbocycles. The van der Waals surface area contributed by atoms with Gasteiger partial charge in [-0.1, -0.05) is 176 Å². The predicted molar refractivity (Wildman–Crippen MR) is 219 cm³/mol. The van der Waals surface area contributed by atoms with Crippen molar-refractivity contribution < 1.29 is 0 Å². The maximum Gasteiger partial charge on any atom is 0.0676 e. The summed E-state index contributed by atoms with van der Waals surface area (Å²) in [6.07, 6.45) is 3.26. The van der Waals surface area contributed by atoms with Crippen molar-refractivity contribution in [1.29, 1.82) is 0 Å². The third kappa shape index (κ3) is 5.30. The van der Waals surface area contributed by atoms with Crippen LogP contribution in [0.3, 0.4) is 0 Å². The van der Waals surface area contributed by atoms with Gasteiger partial charge in [0.1, 0.15) is 0 Å². The van der Waals surface area contributed by atoms with Gasteiger partial charge in [0.15, 0.2) is 0 Å². The summed E-state index contributed by atoms with van der Waals surface area (Å²) in [4.78, 5) is 5.21. The Hall–Kier alpha value is -6.57. The molecule has 10 rings (SSSR count). The molecule has 1 unspecified atom stereocenters. The van der Waals surface area contributed by atoms with E-state index in [2.05, 4.69) is 194 Å². The van der Waals surface area contributed by atoms with Crippen molar-refractivity contribution >= 4 is 22.2 Å². The van der Waals surface area contributed by atoms with Crippen molar-refractivity contribution in [3.63, 3.8) is 0 Å². The molecule has 0 spiro atoms.